The highest BCUT2D eigenvalue weighted by Gasteiger charge is 2.40. The zero-order valence-electron chi connectivity index (χ0n) is 20.9. The van der Waals surface area contributed by atoms with E-state index in [9.17, 15) is 9.59 Å². The molecule has 1 unspecified atom stereocenters. The Hall–Kier alpha value is -2.33. The van der Waals surface area contributed by atoms with Crippen molar-refractivity contribution in [3.63, 3.8) is 0 Å². The lowest BCUT2D eigenvalue weighted by Gasteiger charge is -2.24. The van der Waals surface area contributed by atoms with Gasteiger partial charge in [0.2, 0.25) is 11.8 Å². The average Bonchev–Trinajstić information content (AvgIpc) is 3.47. The number of rotatable bonds is 8. The first kappa shape index (κ1) is 26.7. The summed E-state index contributed by atoms with van der Waals surface area (Å²) < 4.78 is 6.85. The summed E-state index contributed by atoms with van der Waals surface area (Å²) in [5.74, 6) is 0.529. The van der Waals surface area contributed by atoms with E-state index >= 15 is 0 Å². The summed E-state index contributed by atoms with van der Waals surface area (Å²) in [4.78, 5) is 28.1. The number of carbonyl (C=O) groups excluding carboxylic acids is 2. The number of nitrogens with one attached hydrogen (secondary N) is 1. The number of halogens is 1. The fraction of sp³-hybridized carbons (Fsp3) is 0.423. The minimum absolute atomic E-state index is 0.0906. The molecule has 0 radical (unpaired) electrons. The smallest absolute Gasteiger partial charge is 0.240 e. The molecule has 0 bridgehead atoms. The van der Waals surface area contributed by atoms with Gasteiger partial charge in [0.05, 0.1) is 22.4 Å². The molecule has 0 saturated heterocycles. The predicted octanol–water partition coefficient (Wildman–Crippen LogP) is 5.21. The molecule has 1 atom stereocenters. The molecular weight excluding hydrogens is 516 g/mol. The number of methoxy groups -OCH3 is 1. The summed E-state index contributed by atoms with van der Waals surface area (Å²) in [7, 11) is 1.63. The maximum absolute atomic E-state index is 13.6. The zero-order chi connectivity index (χ0) is 25.9. The minimum atomic E-state index is -0.301. The lowest BCUT2D eigenvalue weighted by atomic mass is 9.87. The van der Waals surface area contributed by atoms with Crippen LogP contribution < -0.4 is 10.2 Å². The maximum Gasteiger partial charge on any atom is 0.240 e. The fourth-order valence-electron chi connectivity index (χ4n) is 4.19. The number of ether oxygens (including phenoxy) is 1. The Morgan fingerprint density at radius 3 is 2.78 bits per heavy atom. The van der Waals surface area contributed by atoms with E-state index in [1.807, 2.05) is 23.6 Å². The lowest BCUT2D eigenvalue weighted by molar-refractivity contribution is -0.122. The molecule has 0 spiro atoms. The number of benzene rings is 1. The van der Waals surface area contributed by atoms with Crippen LogP contribution in [0.2, 0.25) is 5.02 Å². The van der Waals surface area contributed by atoms with Gasteiger partial charge in [-0.1, -0.05) is 38.4 Å². The van der Waals surface area contributed by atoms with E-state index in [2.05, 4.69) is 37.5 Å². The topological polar surface area (TPSA) is 76.5 Å². The van der Waals surface area contributed by atoms with Crippen molar-refractivity contribution < 1.29 is 14.3 Å². The van der Waals surface area contributed by atoms with Gasteiger partial charge in [-0.25, -0.2) is 4.68 Å². The number of hydrogen-bond acceptors (Lipinski definition) is 6. The minimum Gasteiger partial charge on any atom is -0.385 e. The highest BCUT2D eigenvalue weighted by atomic mass is 35.5. The van der Waals surface area contributed by atoms with E-state index in [1.54, 1.807) is 45.9 Å². The predicted molar refractivity (Wildman–Crippen MR) is 148 cm³/mol. The van der Waals surface area contributed by atoms with Crippen molar-refractivity contribution >= 4 is 52.3 Å². The maximum atomic E-state index is 13.6. The van der Waals surface area contributed by atoms with Crippen molar-refractivity contribution in [1.29, 1.82) is 0 Å². The van der Waals surface area contributed by atoms with Gasteiger partial charge in [0.25, 0.3) is 0 Å². The van der Waals surface area contributed by atoms with Crippen LogP contribution in [0.5, 0.6) is 0 Å². The number of hydrogen-bond donors (Lipinski definition) is 1. The van der Waals surface area contributed by atoms with E-state index in [0.29, 0.717) is 30.4 Å². The highest BCUT2D eigenvalue weighted by Crippen LogP contribution is 2.48. The van der Waals surface area contributed by atoms with Crippen molar-refractivity contribution in [2.24, 2.45) is 0 Å². The van der Waals surface area contributed by atoms with Gasteiger partial charge in [-0.3, -0.25) is 14.5 Å². The molecule has 10 heteroatoms. The van der Waals surface area contributed by atoms with E-state index in [1.165, 1.54) is 0 Å². The molecule has 3 heterocycles. The van der Waals surface area contributed by atoms with Gasteiger partial charge in [0.1, 0.15) is 12.4 Å². The fourth-order valence-corrected chi connectivity index (χ4v) is 6.34. The van der Waals surface area contributed by atoms with Crippen molar-refractivity contribution in [1.82, 2.24) is 15.1 Å². The lowest BCUT2D eigenvalue weighted by Crippen LogP contribution is -2.42. The molecule has 0 saturated carbocycles. The van der Waals surface area contributed by atoms with Crippen molar-refractivity contribution in [2.45, 2.75) is 37.9 Å². The molecule has 1 aromatic carbocycles. The molecule has 0 fully saturated rings. The molecule has 4 rings (SSSR count). The average molecular weight is 547 g/mol. The number of anilines is 1. The summed E-state index contributed by atoms with van der Waals surface area (Å²) in [6, 6.07) is 9.50. The van der Waals surface area contributed by atoms with Crippen molar-refractivity contribution in [3.8, 4) is 5.69 Å². The van der Waals surface area contributed by atoms with E-state index in [4.69, 9.17) is 21.4 Å². The number of nitrogens with zero attached hydrogens (tertiary/aromatic N) is 3. The summed E-state index contributed by atoms with van der Waals surface area (Å²) >= 11 is 9.56. The summed E-state index contributed by atoms with van der Waals surface area (Å²) in [6.07, 6.45) is 0.701. The number of amides is 2. The second kappa shape index (κ2) is 11.4. The second-order valence-electron chi connectivity index (χ2n) is 9.65. The Morgan fingerprint density at radius 2 is 2.11 bits per heavy atom. The van der Waals surface area contributed by atoms with E-state index in [-0.39, 0.29) is 34.8 Å². The monoisotopic (exact) mass is 546 g/mol. The number of aromatic nitrogens is 2. The first-order chi connectivity index (χ1) is 17.2. The van der Waals surface area contributed by atoms with Gasteiger partial charge >= 0.3 is 0 Å². The Kier molecular flexibility index (Phi) is 8.44. The highest BCUT2D eigenvalue weighted by molar-refractivity contribution is 8.00. The van der Waals surface area contributed by atoms with E-state index < -0.39 is 0 Å². The second-order valence-corrected chi connectivity index (χ2v) is 12.0. The summed E-state index contributed by atoms with van der Waals surface area (Å²) in [6.45, 7) is 7.30. The number of thiophene rings is 1. The van der Waals surface area contributed by atoms with Crippen LogP contribution in [0.15, 0.2) is 41.1 Å². The first-order valence-electron chi connectivity index (χ1n) is 11.8. The molecule has 192 valence electrons. The van der Waals surface area contributed by atoms with E-state index in [0.717, 1.165) is 22.5 Å². The van der Waals surface area contributed by atoms with Gasteiger partial charge in [-0.2, -0.15) is 16.4 Å². The summed E-state index contributed by atoms with van der Waals surface area (Å²) in [5, 5.41) is 12.6. The van der Waals surface area contributed by atoms with Crippen LogP contribution in [-0.4, -0.2) is 54.2 Å². The third-order valence-electron chi connectivity index (χ3n) is 5.85. The van der Waals surface area contributed by atoms with Crippen molar-refractivity contribution in [2.75, 3.05) is 37.5 Å². The molecule has 0 aliphatic carbocycles. The Balaban J connectivity index is 1.88. The van der Waals surface area contributed by atoms with Crippen molar-refractivity contribution in [3.05, 3.63) is 62.9 Å². The molecule has 3 aromatic rings. The normalized spacial score (nSPS) is 16.1. The molecule has 1 aliphatic heterocycles. The van der Waals surface area contributed by atoms with Gasteiger partial charge in [0, 0.05) is 36.3 Å². The van der Waals surface area contributed by atoms with Crippen LogP contribution in [0, 0.1) is 0 Å². The Labute approximate surface area is 225 Å². The zero-order valence-corrected chi connectivity index (χ0v) is 23.3. The molecule has 7 nitrogen and oxygen atoms in total. The van der Waals surface area contributed by atoms with Gasteiger partial charge < -0.3 is 10.1 Å². The van der Waals surface area contributed by atoms with Crippen LogP contribution in [0.25, 0.3) is 5.69 Å². The van der Waals surface area contributed by atoms with Crippen LogP contribution in [0.4, 0.5) is 5.82 Å². The van der Waals surface area contributed by atoms with Gasteiger partial charge in [-0.15, -0.1) is 11.8 Å². The quantitative estimate of drug-likeness (QED) is 0.393. The van der Waals surface area contributed by atoms with Crippen LogP contribution in [0.3, 0.4) is 0 Å². The Bertz CT molecular complexity index is 1220. The molecule has 2 aromatic heterocycles. The van der Waals surface area contributed by atoms with Crippen LogP contribution >= 0.6 is 34.7 Å². The van der Waals surface area contributed by atoms with Crippen LogP contribution in [-0.2, 0) is 19.7 Å². The molecule has 2 amide bonds. The van der Waals surface area contributed by atoms with Gasteiger partial charge in [0.15, 0.2) is 0 Å². The molecule has 1 aliphatic rings. The first-order valence-corrected chi connectivity index (χ1v) is 14.2. The SMILES string of the molecule is COCCCNC(=O)CN1C(=O)CSC(c2ccsc2)c2c(C(C)(C)C)nn(-c3cccc(Cl)c3)c21. The third kappa shape index (κ3) is 5.80. The summed E-state index contributed by atoms with van der Waals surface area (Å²) in [5.41, 5.74) is 3.42. The number of carbonyl (C=O) groups is 2. The van der Waals surface area contributed by atoms with Crippen LogP contribution in [0.1, 0.15) is 49.3 Å². The van der Waals surface area contributed by atoms with Gasteiger partial charge in [-0.05, 0) is 47.0 Å². The number of fused-ring (bicyclic) bond motifs is 1. The third-order valence-corrected chi connectivity index (χ3v) is 8.04. The number of thioether (sulfide) groups is 1. The Morgan fingerprint density at radius 1 is 1.31 bits per heavy atom. The largest absolute Gasteiger partial charge is 0.385 e. The molecular formula is C26H31ClN4O3S2. The molecule has 36 heavy (non-hydrogen) atoms. The standard InChI is InChI=1S/C26H31ClN4O3S2/c1-26(2,3)24-22-23(17-9-12-35-15-17)36-16-21(33)30(14-20(32)28-10-6-11-34-4)25(22)31(29-24)19-8-5-7-18(27)13-19/h5,7-9,12-13,15,23H,6,10-11,14,16H2,1-4H3,(H,28,32). The molecule has 1 N–H and O–H groups in total.